The summed E-state index contributed by atoms with van der Waals surface area (Å²) in [5.41, 5.74) is 1.72. The molecule has 0 aliphatic carbocycles. The van der Waals surface area contributed by atoms with Crippen molar-refractivity contribution in [1.29, 1.82) is 0 Å². The lowest BCUT2D eigenvalue weighted by molar-refractivity contribution is 0.240. The molecule has 7 nitrogen and oxygen atoms in total. The van der Waals surface area contributed by atoms with E-state index in [1.165, 1.54) is 12.1 Å². The van der Waals surface area contributed by atoms with Gasteiger partial charge in [-0.25, -0.2) is 18.4 Å². The molecule has 0 fully saturated rings. The summed E-state index contributed by atoms with van der Waals surface area (Å²) < 4.78 is 27.7. The van der Waals surface area contributed by atoms with E-state index in [1.54, 1.807) is 12.1 Å². The van der Waals surface area contributed by atoms with Crippen LogP contribution in [-0.2, 0) is 23.1 Å². The lowest BCUT2D eigenvalue weighted by Crippen LogP contribution is -2.34. The monoisotopic (exact) mass is 363 g/mol. The zero-order chi connectivity index (χ0) is 18.3. The Morgan fingerprint density at radius 3 is 1.88 bits per heavy atom. The Morgan fingerprint density at radius 2 is 1.44 bits per heavy atom. The van der Waals surface area contributed by atoms with Crippen LogP contribution in [-0.4, -0.2) is 21.1 Å². The highest BCUT2D eigenvalue weighted by Gasteiger charge is 2.07. The van der Waals surface area contributed by atoms with Gasteiger partial charge >= 0.3 is 6.03 Å². The van der Waals surface area contributed by atoms with Gasteiger partial charge in [-0.2, -0.15) is 0 Å². The predicted molar refractivity (Wildman–Crippen MR) is 94.5 cm³/mol. The zero-order valence-corrected chi connectivity index (χ0v) is 14.7. The maximum Gasteiger partial charge on any atom is 0.315 e. The predicted octanol–water partition coefficient (Wildman–Crippen LogP) is 1.73. The highest BCUT2D eigenvalue weighted by molar-refractivity contribution is 7.89. The van der Waals surface area contributed by atoms with Crippen LogP contribution in [0.25, 0.3) is 0 Å². The fourth-order valence-corrected chi connectivity index (χ4v) is 2.61. The molecule has 0 atom stereocenters. The number of nitrogens with two attached hydrogens (primary N) is 1. The van der Waals surface area contributed by atoms with E-state index in [2.05, 4.69) is 10.6 Å². The van der Waals surface area contributed by atoms with Gasteiger partial charge in [0, 0.05) is 13.1 Å². The summed E-state index contributed by atoms with van der Waals surface area (Å²) in [5.74, 6) is 0.790. The zero-order valence-electron chi connectivity index (χ0n) is 13.9. The molecule has 0 saturated carbocycles. The molecule has 0 spiro atoms. The normalized spacial score (nSPS) is 11.0. The Kier molecular flexibility index (Phi) is 6.37. The van der Waals surface area contributed by atoms with Crippen LogP contribution in [0, 0.1) is 0 Å². The molecule has 4 N–H and O–H groups in total. The van der Waals surface area contributed by atoms with E-state index in [-0.39, 0.29) is 17.5 Å². The molecule has 0 bridgehead atoms. The molecule has 2 amide bonds. The number of carbonyl (C=O) groups is 1. The minimum absolute atomic E-state index is 0.0381. The number of nitrogens with one attached hydrogen (secondary N) is 2. The average molecular weight is 363 g/mol. The molecule has 2 aromatic rings. The van der Waals surface area contributed by atoms with E-state index >= 15 is 0 Å². The standard InChI is InChI=1S/C17H21N3O4S/c1-2-24-15-7-3-13(4-8-15)11-19-17(21)20-12-14-5-9-16(10-6-14)25(18,22)23/h3-10H,2,11-12H2,1H3,(H2,18,22,23)(H2,19,20,21). The minimum Gasteiger partial charge on any atom is -0.494 e. The molecule has 2 rings (SSSR count). The molecule has 0 radical (unpaired) electrons. The van der Waals surface area contributed by atoms with Crippen LogP contribution >= 0.6 is 0 Å². The average Bonchev–Trinajstić information content (AvgIpc) is 2.59. The van der Waals surface area contributed by atoms with E-state index in [4.69, 9.17) is 9.88 Å². The van der Waals surface area contributed by atoms with Crippen molar-refractivity contribution < 1.29 is 17.9 Å². The summed E-state index contributed by atoms with van der Waals surface area (Å²) in [4.78, 5) is 11.9. The molecule has 0 aromatic heterocycles. The number of ether oxygens (including phenoxy) is 1. The van der Waals surface area contributed by atoms with Crippen LogP contribution in [0.2, 0.25) is 0 Å². The lowest BCUT2D eigenvalue weighted by Gasteiger charge is -2.09. The molecule has 25 heavy (non-hydrogen) atoms. The van der Waals surface area contributed by atoms with Gasteiger partial charge in [-0.1, -0.05) is 24.3 Å². The van der Waals surface area contributed by atoms with Gasteiger partial charge in [0.15, 0.2) is 0 Å². The number of amides is 2. The fourth-order valence-electron chi connectivity index (χ4n) is 2.09. The van der Waals surface area contributed by atoms with Crippen molar-refractivity contribution in [3.63, 3.8) is 0 Å². The molecule has 0 heterocycles. The Morgan fingerprint density at radius 1 is 0.960 bits per heavy atom. The third kappa shape index (κ3) is 6.09. The van der Waals surface area contributed by atoms with Crippen molar-refractivity contribution in [2.24, 2.45) is 5.14 Å². The van der Waals surface area contributed by atoms with Gasteiger partial charge in [0.05, 0.1) is 11.5 Å². The smallest absolute Gasteiger partial charge is 0.315 e. The fraction of sp³-hybridized carbons (Fsp3) is 0.235. The number of benzene rings is 2. The number of urea groups is 1. The van der Waals surface area contributed by atoms with Gasteiger partial charge in [-0.15, -0.1) is 0 Å². The highest BCUT2D eigenvalue weighted by atomic mass is 32.2. The van der Waals surface area contributed by atoms with E-state index in [0.29, 0.717) is 13.2 Å². The Labute approximate surface area is 147 Å². The Balaban J connectivity index is 1.78. The van der Waals surface area contributed by atoms with Gasteiger partial charge < -0.3 is 15.4 Å². The molecule has 0 unspecified atom stereocenters. The van der Waals surface area contributed by atoms with E-state index in [9.17, 15) is 13.2 Å². The Hall–Kier alpha value is -2.58. The van der Waals surface area contributed by atoms with Crippen LogP contribution in [0.5, 0.6) is 5.75 Å². The lowest BCUT2D eigenvalue weighted by atomic mass is 10.2. The van der Waals surface area contributed by atoms with Crippen LogP contribution in [0.15, 0.2) is 53.4 Å². The first-order valence-corrected chi connectivity index (χ1v) is 9.28. The third-order valence-corrected chi connectivity index (χ3v) is 4.32. The minimum atomic E-state index is -3.71. The quantitative estimate of drug-likeness (QED) is 0.696. The van der Waals surface area contributed by atoms with Gasteiger partial charge in [-0.05, 0) is 42.3 Å². The first-order valence-electron chi connectivity index (χ1n) is 7.73. The van der Waals surface area contributed by atoms with Gasteiger partial charge in [-0.3, -0.25) is 0 Å². The number of primary sulfonamides is 1. The highest BCUT2D eigenvalue weighted by Crippen LogP contribution is 2.12. The summed E-state index contributed by atoms with van der Waals surface area (Å²) in [6.45, 7) is 3.20. The van der Waals surface area contributed by atoms with E-state index < -0.39 is 10.0 Å². The summed E-state index contributed by atoms with van der Waals surface area (Å²) >= 11 is 0. The second-order valence-corrected chi connectivity index (χ2v) is 6.86. The largest absolute Gasteiger partial charge is 0.494 e. The second-order valence-electron chi connectivity index (χ2n) is 5.30. The molecule has 0 aliphatic heterocycles. The summed E-state index contributed by atoms with van der Waals surface area (Å²) in [5, 5.41) is 10.5. The maximum atomic E-state index is 11.8. The van der Waals surface area contributed by atoms with Crippen LogP contribution in [0.1, 0.15) is 18.1 Å². The van der Waals surface area contributed by atoms with Gasteiger partial charge in [0.25, 0.3) is 0 Å². The van der Waals surface area contributed by atoms with Gasteiger partial charge in [0.1, 0.15) is 5.75 Å². The number of sulfonamides is 1. The molecule has 0 aliphatic rings. The van der Waals surface area contributed by atoms with E-state index in [1.807, 2.05) is 31.2 Å². The van der Waals surface area contributed by atoms with Crippen LogP contribution < -0.4 is 20.5 Å². The SMILES string of the molecule is CCOc1ccc(CNC(=O)NCc2ccc(S(N)(=O)=O)cc2)cc1. The van der Waals surface area contributed by atoms with Crippen LogP contribution in [0.3, 0.4) is 0 Å². The second kappa shape index (κ2) is 8.50. The summed E-state index contributed by atoms with van der Waals surface area (Å²) in [7, 11) is -3.71. The van der Waals surface area contributed by atoms with Crippen molar-refractivity contribution in [2.45, 2.75) is 24.9 Å². The van der Waals surface area contributed by atoms with Crippen LogP contribution in [0.4, 0.5) is 4.79 Å². The number of carbonyl (C=O) groups excluding carboxylic acids is 1. The maximum absolute atomic E-state index is 11.8. The number of hydrogen-bond donors (Lipinski definition) is 3. The van der Waals surface area contributed by atoms with Crippen molar-refractivity contribution in [3.8, 4) is 5.75 Å². The Bertz CT molecular complexity index is 803. The van der Waals surface area contributed by atoms with Crippen molar-refractivity contribution >= 4 is 16.1 Å². The molecule has 8 heteroatoms. The summed E-state index contributed by atoms with van der Waals surface area (Å²) in [6, 6.07) is 13.2. The third-order valence-electron chi connectivity index (χ3n) is 3.39. The molecular weight excluding hydrogens is 342 g/mol. The summed E-state index contributed by atoms with van der Waals surface area (Å²) in [6.07, 6.45) is 0. The van der Waals surface area contributed by atoms with Gasteiger partial charge in [0.2, 0.25) is 10.0 Å². The topological polar surface area (TPSA) is 111 Å². The molecule has 134 valence electrons. The van der Waals surface area contributed by atoms with E-state index in [0.717, 1.165) is 16.9 Å². The van der Waals surface area contributed by atoms with Crippen molar-refractivity contribution in [2.75, 3.05) is 6.61 Å². The first kappa shape index (κ1) is 18.8. The first-order chi connectivity index (χ1) is 11.9. The molecule has 2 aromatic carbocycles. The van der Waals surface area contributed by atoms with Crippen molar-refractivity contribution in [3.05, 3.63) is 59.7 Å². The van der Waals surface area contributed by atoms with Crippen molar-refractivity contribution in [1.82, 2.24) is 10.6 Å². The number of rotatable bonds is 7. The molecular formula is C17H21N3O4S. The molecule has 0 saturated heterocycles. The number of hydrogen-bond acceptors (Lipinski definition) is 4.